The van der Waals surface area contributed by atoms with Crippen molar-refractivity contribution in [1.29, 1.82) is 5.26 Å². The standard InChI is InChI=1S/C23H20ClF2N5O2/c1-33-19-7-6-16(10-18(19)26)31-21(24)20(23(32)29-15-3-2-8-28-12-15)30-22(31)13-4-5-14(11-27)17(25)9-13/h4-7,9-10,15,28H,2-3,8,12H2,1H3,(H,29,32)/t15-/m0/s1. The van der Waals surface area contributed by atoms with Gasteiger partial charge in [-0.05, 0) is 49.7 Å². The van der Waals surface area contributed by atoms with Crippen molar-refractivity contribution in [2.75, 3.05) is 20.2 Å². The van der Waals surface area contributed by atoms with Crippen molar-refractivity contribution in [2.45, 2.75) is 18.9 Å². The second-order valence-electron chi connectivity index (χ2n) is 7.55. The Kier molecular flexibility index (Phi) is 6.58. The van der Waals surface area contributed by atoms with Crippen molar-refractivity contribution >= 4 is 17.5 Å². The highest BCUT2D eigenvalue weighted by Gasteiger charge is 2.26. The quantitative estimate of drug-likeness (QED) is 0.590. The molecule has 0 spiro atoms. The number of piperidine rings is 1. The average Bonchev–Trinajstić information content (AvgIpc) is 3.16. The number of nitrogens with one attached hydrogen (secondary N) is 2. The van der Waals surface area contributed by atoms with Crippen LogP contribution in [-0.4, -0.2) is 41.7 Å². The maximum absolute atomic E-state index is 14.5. The summed E-state index contributed by atoms with van der Waals surface area (Å²) in [4.78, 5) is 17.4. The first-order valence-electron chi connectivity index (χ1n) is 10.3. The molecule has 0 radical (unpaired) electrons. The predicted octanol–water partition coefficient (Wildman–Crippen LogP) is 3.83. The fourth-order valence-corrected chi connectivity index (χ4v) is 4.05. The van der Waals surface area contributed by atoms with Gasteiger partial charge < -0.3 is 15.4 Å². The Hall–Kier alpha value is -3.48. The van der Waals surface area contributed by atoms with E-state index in [1.807, 2.05) is 0 Å². The Bertz CT molecular complexity index is 1250. The molecule has 7 nitrogen and oxygen atoms in total. The van der Waals surface area contributed by atoms with Crippen LogP contribution in [0.25, 0.3) is 17.1 Å². The first-order chi connectivity index (χ1) is 15.9. The summed E-state index contributed by atoms with van der Waals surface area (Å²) in [5.41, 5.74) is 0.325. The highest BCUT2D eigenvalue weighted by Crippen LogP contribution is 2.32. The first-order valence-corrected chi connectivity index (χ1v) is 10.6. The Balaban J connectivity index is 1.82. The number of benzene rings is 2. The lowest BCUT2D eigenvalue weighted by molar-refractivity contribution is 0.0926. The van der Waals surface area contributed by atoms with E-state index in [-0.39, 0.29) is 45.3 Å². The molecular formula is C23H20ClF2N5O2. The summed E-state index contributed by atoms with van der Waals surface area (Å²) < 4.78 is 35.1. The molecule has 1 amide bonds. The van der Waals surface area contributed by atoms with E-state index in [0.717, 1.165) is 25.5 Å². The number of imidazole rings is 1. The van der Waals surface area contributed by atoms with E-state index >= 15 is 0 Å². The van der Waals surface area contributed by atoms with Crippen LogP contribution in [0.15, 0.2) is 36.4 Å². The topological polar surface area (TPSA) is 92.0 Å². The number of nitrogens with zero attached hydrogens (tertiary/aromatic N) is 3. The number of aromatic nitrogens is 2. The van der Waals surface area contributed by atoms with Crippen molar-refractivity contribution in [1.82, 2.24) is 20.2 Å². The summed E-state index contributed by atoms with van der Waals surface area (Å²) in [5.74, 6) is -1.72. The summed E-state index contributed by atoms with van der Waals surface area (Å²) in [6.07, 6.45) is 1.74. The first kappa shape index (κ1) is 22.7. The van der Waals surface area contributed by atoms with Crippen molar-refractivity contribution < 1.29 is 18.3 Å². The van der Waals surface area contributed by atoms with Gasteiger partial charge in [0.25, 0.3) is 5.91 Å². The van der Waals surface area contributed by atoms with Crippen LogP contribution in [0.5, 0.6) is 5.75 Å². The van der Waals surface area contributed by atoms with E-state index in [1.54, 1.807) is 12.1 Å². The van der Waals surface area contributed by atoms with E-state index in [1.165, 1.54) is 35.9 Å². The number of rotatable bonds is 5. The molecule has 4 rings (SSSR count). The highest BCUT2D eigenvalue weighted by atomic mass is 35.5. The van der Waals surface area contributed by atoms with E-state index in [9.17, 15) is 13.6 Å². The maximum Gasteiger partial charge on any atom is 0.273 e. The van der Waals surface area contributed by atoms with Gasteiger partial charge in [-0.1, -0.05) is 11.6 Å². The largest absolute Gasteiger partial charge is 0.494 e. The molecule has 0 saturated carbocycles. The monoisotopic (exact) mass is 471 g/mol. The Morgan fingerprint density at radius 2 is 2.12 bits per heavy atom. The molecule has 170 valence electrons. The molecule has 10 heteroatoms. The summed E-state index contributed by atoms with van der Waals surface area (Å²) >= 11 is 6.58. The van der Waals surface area contributed by atoms with Crippen LogP contribution in [0, 0.1) is 23.0 Å². The predicted molar refractivity (Wildman–Crippen MR) is 119 cm³/mol. The number of hydrogen-bond donors (Lipinski definition) is 2. The lowest BCUT2D eigenvalue weighted by atomic mass is 10.1. The zero-order valence-electron chi connectivity index (χ0n) is 17.7. The smallest absolute Gasteiger partial charge is 0.273 e. The maximum atomic E-state index is 14.5. The molecule has 1 aromatic heterocycles. The van der Waals surface area contributed by atoms with Gasteiger partial charge in [-0.2, -0.15) is 5.26 Å². The van der Waals surface area contributed by atoms with Gasteiger partial charge in [0.05, 0.1) is 18.4 Å². The van der Waals surface area contributed by atoms with Crippen molar-refractivity contribution in [2.24, 2.45) is 0 Å². The molecule has 1 atom stereocenters. The lowest BCUT2D eigenvalue weighted by Gasteiger charge is -2.23. The van der Waals surface area contributed by atoms with Crippen molar-refractivity contribution in [3.05, 3.63) is 64.4 Å². The molecule has 2 heterocycles. The van der Waals surface area contributed by atoms with Gasteiger partial charge >= 0.3 is 0 Å². The third-order valence-corrected chi connectivity index (χ3v) is 5.76. The minimum atomic E-state index is -0.749. The molecule has 0 aliphatic carbocycles. The number of ether oxygens (including phenoxy) is 1. The van der Waals surface area contributed by atoms with E-state index in [0.29, 0.717) is 6.54 Å². The highest BCUT2D eigenvalue weighted by molar-refractivity contribution is 6.33. The fourth-order valence-electron chi connectivity index (χ4n) is 3.74. The third kappa shape index (κ3) is 4.53. The summed E-state index contributed by atoms with van der Waals surface area (Å²) in [6.45, 7) is 1.51. The molecule has 3 aromatic rings. The lowest BCUT2D eigenvalue weighted by Crippen LogP contribution is -2.45. The van der Waals surface area contributed by atoms with Gasteiger partial charge in [-0.3, -0.25) is 9.36 Å². The van der Waals surface area contributed by atoms with E-state index in [4.69, 9.17) is 21.6 Å². The van der Waals surface area contributed by atoms with Gasteiger partial charge in [0, 0.05) is 24.2 Å². The van der Waals surface area contributed by atoms with Gasteiger partial charge in [0.1, 0.15) is 22.9 Å². The normalized spacial score (nSPS) is 15.7. The molecule has 1 aliphatic heterocycles. The molecule has 1 aliphatic rings. The zero-order chi connectivity index (χ0) is 23.5. The number of amides is 1. The van der Waals surface area contributed by atoms with E-state index < -0.39 is 17.5 Å². The zero-order valence-corrected chi connectivity index (χ0v) is 18.4. The molecule has 1 saturated heterocycles. The second-order valence-corrected chi connectivity index (χ2v) is 7.91. The van der Waals surface area contributed by atoms with Crippen molar-refractivity contribution in [3.8, 4) is 28.9 Å². The number of carbonyl (C=O) groups is 1. The van der Waals surface area contributed by atoms with Crippen LogP contribution >= 0.6 is 11.6 Å². The molecule has 33 heavy (non-hydrogen) atoms. The number of methoxy groups -OCH3 is 1. The fraction of sp³-hybridized carbons (Fsp3) is 0.261. The summed E-state index contributed by atoms with van der Waals surface area (Å²) in [5, 5.41) is 15.1. The molecule has 2 aromatic carbocycles. The number of halogens is 3. The minimum Gasteiger partial charge on any atom is -0.494 e. The average molecular weight is 472 g/mol. The second kappa shape index (κ2) is 9.57. The molecular weight excluding hydrogens is 452 g/mol. The van der Waals surface area contributed by atoms with Crippen LogP contribution in [0.2, 0.25) is 5.15 Å². The summed E-state index contributed by atoms with van der Waals surface area (Å²) in [6, 6.07) is 9.74. The molecule has 0 unspecified atom stereocenters. The SMILES string of the molecule is COc1ccc(-n2c(-c3ccc(C#N)c(F)c3)nc(C(=O)N[C@H]3CCCNC3)c2Cl)cc1F. The minimum absolute atomic E-state index is 0.0312. The number of carbonyl (C=O) groups excluding carboxylic acids is 1. The Morgan fingerprint density at radius 3 is 2.76 bits per heavy atom. The van der Waals surface area contributed by atoms with Gasteiger partial charge in [-0.25, -0.2) is 13.8 Å². The van der Waals surface area contributed by atoms with Crippen LogP contribution in [0.1, 0.15) is 28.9 Å². The van der Waals surface area contributed by atoms with Gasteiger partial charge in [0.2, 0.25) is 0 Å². The molecule has 1 fully saturated rings. The van der Waals surface area contributed by atoms with Crippen LogP contribution in [-0.2, 0) is 0 Å². The molecule has 0 bridgehead atoms. The number of nitriles is 1. The van der Waals surface area contributed by atoms with Crippen LogP contribution in [0.3, 0.4) is 0 Å². The van der Waals surface area contributed by atoms with Gasteiger partial charge in [-0.15, -0.1) is 0 Å². The van der Waals surface area contributed by atoms with E-state index in [2.05, 4.69) is 15.6 Å². The van der Waals surface area contributed by atoms with Crippen molar-refractivity contribution in [3.63, 3.8) is 0 Å². The van der Waals surface area contributed by atoms with Crippen LogP contribution in [0.4, 0.5) is 8.78 Å². The molecule has 2 N–H and O–H groups in total. The third-order valence-electron chi connectivity index (χ3n) is 5.41. The number of hydrogen-bond acceptors (Lipinski definition) is 5. The Morgan fingerprint density at radius 1 is 1.30 bits per heavy atom. The van der Waals surface area contributed by atoms with Gasteiger partial charge in [0.15, 0.2) is 17.3 Å². The Labute approximate surface area is 193 Å². The summed E-state index contributed by atoms with van der Waals surface area (Å²) in [7, 11) is 1.34. The van der Waals surface area contributed by atoms with Crippen LogP contribution < -0.4 is 15.4 Å².